The standard InChI is InChI=1S/C26H26N6O4.2ClH/c1-3-35-24(33)15-32(22-6-4-5-13-29-22)26(34)18-9-12-21-20(14-18)30-23(31(21)2)16-36-19-10-7-17(8-11-19)25(27)28;;/h4-14H,3,15-16H2,1-2H3,(H3,27,28);2*1H. The highest BCUT2D eigenvalue weighted by Crippen LogP contribution is 2.21. The number of nitrogen functional groups attached to an aromatic ring is 1. The minimum atomic E-state index is -0.522. The number of anilines is 1. The number of nitrogens with zero attached hydrogens (tertiary/aromatic N) is 4. The Labute approximate surface area is 232 Å². The maximum Gasteiger partial charge on any atom is 0.326 e. The molecule has 0 saturated heterocycles. The predicted octanol–water partition coefficient (Wildman–Crippen LogP) is 3.88. The van der Waals surface area contributed by atoms with Crippen LogP contribution in [0.25, 0.3) is 11.0 Å². The quantitative estimate of drug-likeness (QED) is 0.180. The SMILES string of the molecule is CCOC(=O)CN(C(=O)c1ccc2c(c1)nc(COc1ccc(C(=N)N)cc1)n2C)c1ccccn1.Cl.Cl. The van der Waals surface area contributed by atoms with E-state index in [2.05, 4.69) is 9.97 Å². The number of amidine groups is 1. The Morgan fingerprint density at radius 1 is 1.05 bits per heavy atom. The van der Waals surface area contributed by atoms with E-state index in [-0.39, 0.29) is 50.4 Å². The van der Waals surface area contributed by atoms with Gasteiger partial charge in [-0.3, -0.25) is 19.9 Å². The first-order chi connectivity index (χ1) is 17.4. The van der Waals surface area contributed by atoms with Gasteiger partial charge in [0.25, 0.3) is 5.91 Å². The Bertz CT molecular complexity index is 1410. The van der Waals surface area contributed by atoms with E-state index in [1.54, 1.807) is 67.7 Å². The Morgan fingerprint density at radius 3 is 2.39 bits per heavy atom. The fraction of sp³-hybridized carbons (Fsp3) is 0.192. The number of nitrogens with one attached hydrogen (secondary N) is 1. The number of carbonyl (C=O) groups is 2. The van der Waals surface area contributed by atoms with E-state index in [1.165, 1.54) is 4.90 Å². The summed E-state index contributed by atoms with van der Waals surface area (Å²) < 4.78 is 12.8. The molecule has 2 aromatic carbocycles. The molecule has 0 aliphatic heterocycles. The molecule has 1 amide bonds. The van der Waals surface area contributed by atoms with Crippen LogP contribution in [0.1, 0.15) is 28.7 Å². The number of pyridine rings is 1. The van der Waals surface area contributed by atoms with Crippen LogP contribution in [-0.2, 0) is 23.2 Å². The molecule has 3 N–H and O–H groups in total. The summed E-state index contributed by atoms with van der Waals surface area (Å²) in [5.74, 6) is 0.711. The van der Waals surface area contributed by atoms with Crippen LogP contribution < -0.4 is 15.4 Å². The van der Waals surface area contributed by atoms with Gasteiger partial charge >= 0.3 is 5.97 Å². The van der Waals surface area contributed by atoms with Gasteiger partial charge in [0.1, 0.15) is 36.4 Å². The van der Waals surface area contributed by atoms with E-state index in [9.17, 15) is 9.59 Å². The lowest BCUT2D eigenvalue weighted by Crippen LogP contribution is -2.37. The Hall–Kier alpha value is -4.15. The highest BCUT2D eigenvalue weighted by atomic mass is 35.5. The fourth-order valence-corrected chi connectivity index (χ4v) is 3.65. The number of imidazole rings is 1. The van der Waals surface area contributed by atoms with Gasteiger partial charge in [-0.25, -0.2) is 9.97 Å². The average Bonchev–Trinajstić information content (AvgIpc) is 3.21. The zero-order valence-corrected chi connectivity index (χ0v) is 22.4. The topological polar surface area (TPSA) is 136 Å². The molecule has 0 bridgehead atoms. The summed E-state index contributed by atoms with van der Waals surface area (Å²) in [6, 6.07) is 17.2. The van der Waals surface area contributed by atoms with Crippen molar-refractivity contribution in [3.63, 3.8) is 0 Å². The molecule has 10 nitrogen and oxygen atoms in total. The van der Waals surface area contributed by atoms with Gasteiger partial charge in [-0.2, -0.15) is 0 Å². The first-order valence-electron chi connectivity index (χ1n) is 11.3. The van der Waals surface area contributed by atoms with E-state index in [4.69, 9.17) is 20.6 Å². The second-order valence-electron chi connectivity index (χ2n) is 7.90. The third-order valence-corrected chi connectivity index (χ3v) is 5.52. The van der Waals surface area contributed by atoms with Crippen LogP contribution in [0, 0.1) is 5.41 Å². The van der Waals surface area contributed by atoms with Crippen molar-refractivity contribution in [3.05, 3.63) is 83.8 Å². The van der Waals surface area contributed by atoms with Gasteiger partial charge in [0.05, 0.1) is 17.6 Å². The van der Waals surface area contributed by atoms with Crippen LogP contribution in [0.3, 0.4) is 0 Å². The van der Waals surface area contributed by atoms with Crippen molar-refractivity contribution in [2.75, 3.05) is 18.1 Å². The molecule has 4 aromatic rings. The van der Waals surface area contributed by atoms with Gasteiger partial charge in [0, 0.05) is 24.4 Å². The maximum atomic E-state index is 13.4. The molecule has 38 heavy (non-hydrogen) atoms. The van der Waals surface area contributed by atoms with E-state index >= 15 is 0 Å². The van der Waals surface area contributed by atoms with Gasteiger partial charge in [-0.15, -0.1) is 24.8 Å². The summed E-state index contributed by atoms with van der Waals surface area (Å²) in [5, 5.41) is 7.48. The molecule has 4 rings (SSSR count). The molecular weight excluding hydrogens is 531 g/mol. The van der Waals surface area contributed by atoms with Crippen molar-refractivity contribution in [1.82, 2.24) is 14.5 Å². The smallest absolute Gasteiger partial charge is 0.326 e. The summed E-state index contributed by atoms with van der Waals surface area (Å²) in [6.07, 6.45) is 1.56. The molecule has 2 aromatic heterocycles. The van der Waals surface area contributed by atoms with Gasteiger partial charge in [-0.1, -0.05) is 6.07 Å². The maximum absolute atomic E-state index is 13.4. The van der Waals surface area contributed by atoms with Gasteiger partial charge < -0.3 is 19.8 Å². The van der Waals surface area contributed by atoms with Crippen molar-refractivity contribution in [2.24, 2.45) is 12.8 Å². The fourth-order valence-electron chi connectivity index (χ4n) is 3.65. The normalized spacial score (nSPS) is 10.2. The van der Waals surface area contributed by atoms with Crippen LogP contribution in [0.2, 0.25) is 0 Å². The number of aromatic nitrogens is 3. The number of halogens is 2. The molecule has 200 valence electrons. The molecule has 0 aliphatic carbocycles. The number of hydrogen-bond donors (Lipinski definition) is 2. The van der Waals surface area contributed by atoms with E-state index in [0.29, 0.717) is 34.0 Å². The number of nitrogens with two attached hydrogens (primary N) is 1. The van der Waals surface area contributed by atoms with Crippen LogP contribution in [0.15, 0.2) is 66.9 Å². The first-order valence-corrected chi connectivity index (χ1v) is 11.3. The second kappa shape index (κ2) is 13.4. The van der Waals surface area contributed by atoms with Crippen molar-refractivity contribution in [3.8, 4) is 5.75 Å². The van der Waals surface area contributed by atoms with E-state index in [0.717, 1.165) is 5.52 Å². The van der Waals surface area contributed by atoms with Crippen LogP contribution in [0.5, 0.6) is 5.75 Å². The van der Waals surface area contributed by atoms with Crippen molar-refractivity contribution in [2.45, 2.75) is 13.5 Å². The van der Waals surface area contributed by atoms with Crippen molar-refractivity contribution < 1.29 is 19.1 Å². The largest absolute Gasteiger partial charge is 0.486 e. The van der Waals surface area contributed by atoms with E-state index < -0.39 is 11.9 Å². The number of benzene rings is 2. The number of rotatable bonds is 9. The molecular formula is C26H28Cl2N6O4. The molecule has 2 heterocycles. The Morgan fingerprint density at radius 2 is 1.76 bits per heavy atom. The summed E-state index contributed by atoms with van der Waals surface area (Å²) in [5.41, 5.74) is 7.91. The molecule has 0 saturated carbocycles. The highest BCUT2D eigenvalue weighted by molar-refractivity contribution is 6.09. The lowest BCUT2D eigenvalue weighted by Gasteiger charge is -2.20. The number of amides is 1. The Kier molecular flexibility index (Phi) is 10.6. The number of aryl methyl sites for hydroxylation is 1. The highest BCUT2D eigenvalue weighted by Gasteiger charge is 2.23. The van der Waals surface area contributed by atoms with Crippen molar-refractivity contribution >= 4 is 59.4 Å². The number of carbonyl (C=O) groups excluding carboxylic acids is 2. The third kappa shape index (κ3) is 6.78. The molecule has 12 heteroatoms. The number of fused-ring (bicyclic) bond motifs is 1. The zero-order chi connectivity index (χ0) is 25.7. The van der Waals surface area contributed by atoms with Crippen LogP contribution in [-0.4, -0.2) is 45.4 Å². The number of hydrogen-bond acceptors (Lipinski definition) is 7. The van der Waals surface area contributed by atoms with Crippen molar-refractivity contribution in [1.29, 1.82) is 5.41 Å². The molecule has 0 fully saturated rings. The molecule has 0 atom stereocenters. The lowest BCUT2D eigenvalue weighted by molar-refractivity contribution is -0.141. The minimum Gasteiger partial charge on any atom is -0.486 e. The summed E-state index contributed by atoms with van der Waals surface area (Å²) >= 11 is 0. The molecule has 0 aliphatic rings. The summed E-state index contributed by atoms with van der Waals surface area (Å²) in [6.45, 7) is 1.87. The predicted molar refractivity (Wildman–Crippen MR) is 150 cm³/mol. The average molecular weight is 559 g/mol. The number of esters is 1. The summed E-state index contributed by atoms with van der Waals surface area (Å²) in [7, 11) is 1.87. The molecule has 0 spiro atoms. The van der Waals surface area contributed by atoms with Crippen LogP contribution in [0.4, 0.5) is 5.82 Å². The van der Waals surface area contributed by atoms with Gasteiger partial charge in [0.2, 0.25) is 0 Å². The minimum absolute atomic E-state index is 0. The molecule has 0 radical (unpaired) electrons. The first kappa shape index (κ1) is 30.1. The van der Waals surface area contributed by atoms with Gasteiger partial charge in [-0.05, 0) is 61.5 Å². The monoisotopic (exact) mass is 558 g/mol. The summed E-state index contributed by atoms with van der Waals surface area (Å²) in [4.78, 5) is 35.7. The van der Waals surface area contributed by atoms with Crippen LogP contribution >= 0.6 is 24.8 Å². The van der Waals surface area contributed by atoms with Gasteiger partial charge in [0.15, 0.2) is 0 Å². The lowest BCUT2D eigenvalue weighted by atomic mass is 10.1. The third-order valence-electron chi connectivity index (χ3n) is 5.52. The zero-order valence-electron chi connectivity index (χ0n) is 20.8. The number of ether oxygens (including phenoxy) is 2. The second-order valence-corrected chi connectivity index (χ2v) is 7.90. The van der Waals surface area contributed by atoms with E-state index in [1.807, 2.05) is 17.7 Å². The molecule has 0 unspecified atom stereocenters. The Balaban J connectivity index is 0.00000253.